The second-order valence-corrected chi connectivity index (χ2v) is 6.28. The standard InChI is InChI=1S/C18H23N3O2/c1-20(13-18(23)21-10-8-16(22)9-11-21)12-15-7-6-14-4-2-3-5-17(14)19-15/h2-7,16,22H,8-13H2,1H3. The molecule has 1 aliphatic heterocycles. The van der Waals surface area contributed by atoms with Gasteiger partial charge in [0.1, 0.15) is 0 Å². The highest BCUT2D eigenvalue weighted by molar-refractivity contribution is 5.79. The number of carbonyl (C=O) groups excluding carboxylic acids is 1. The predicted octanol–water partition coefficient (Wildman–Crippen LogP) is 1.65. The molecule has 0 atom stereocenters. The van der Waals surface area contributed by atoms with Crippen molar-refractivity contribution in [1.29, 1.82) is 0 Å². The Hall–Kier alpha value is -1.98. The number of benzene rings is 1. The SMILES string of the molecule is CN(CC(=O)N1CCC(O)CC1)Cc1ccc2ccccc2n1. The molecule has 1 aromatic heterocycles. The Morgan fingerprint density at radius 1 is 1.26 bits per heavy atom. The number of likely N-dealkylation sites (N-methyl/N-ethyl adjacent to an activating group) is 1. The van der Waals surface area contributed by atoms with Crippen LogP contribution in [-0.2, 0) is 11.3 Å². The minimum absolute atomic E-state index is 0.125. The van der Waals surface area contributed by atoms with Crippen LogP contribution in [0, 0.1) is 0 Å². The van der Waals surface area contributed by atoms with Crippen molar-refractivity contribution >= 4 is 16.8 Å². The van der Waals surface area contributed by atoms with E-state index in [2.05, 4.69) is 11.1 Å². The van der Waals surface area contributed by atoms with E-state index in [-0.39, 0.29) is 12.0 Å². The maximum atomic E-state index is 12.3. The van der Waals surface area contributed by atoms with Gasteiger partial charge in [0.2, 0.25) is 5.91 Å². The molecule has 1 aliphatic rings. The van der Waals surface area contributed by atoms with Gasteiger partial charge in [-0.2, -0.15) is 0 Å². The van der Waals surface area contributed by atoms with Crippen molar-refractivity contribution in [2.75, 3.05) is 26.7 Å². The Labute approximate surface area is 136 Å². The van der Waals surface area contributed by atoms with E-state index in [1.165, 1.54) is 0 Å². The zero-order valence-corrected chi connectivity index (χ0v) is 13.5. The average Bonchev–Trinajstić information content (AvgIpc) is 2.55. The molecule has 2 heterocycles. The molecule has 1 saturated heterocycles. The van der Waals surface area contributed by atoms with Gasteiger partial charge in [-0.1, -0.05) is 24.3 Å². The fourth-order valence-corrected chi connectivity index (χ4v) is 2.97. The first-order valence-electron chi connectivity index (χ1n) is 8.11. The summed E-state index contributed by atoms with van der Waals surface area (Å²) in [7, 11) is 1.94. The van der Waals surface area contributed by atoms with Crippen LogP contribution in [0.2, 0.25) is 0 Å². The van der Waals surface area contributed by atoms with Gasteiger partial charge in [-0.15, -0.1) is 0 Å². The summed E-state index contributed by atoms with van der Waals surface area (Å²) in [6, 6.07) is 12.1. The van der Waals surface area contributed by atoms with Crippen LogP contribution in [-0.4, -0.2) is 58.6 Å². The zero-order chi connectivity index (χ0) is 16.2. The van der Waals surface area contributed by atoms with E-state index >= 15 is 0 Å². The van der Waals surface area contributed by atoms with Gasteiger partial charge in [0.15, 0.2) is 0 Å². The van der Waals surface area contributed by atoms with Crippen molar-refractivity contribution in [3.8, 4) is 0 Å². The molecule has 23 heavy (non-hydrogen) atoms. The summed E-state index contributed by atoms with van der Waals surface area (Å²) in [5.74, 6) is 0.125. The Kier molecular flexibility index (Phi) is 4.88. The lowest BCUT2D eigenvalue weighted by molar-refractivity contribution is -0.134. The zero-order valence-electron chi connectivity index (χ0n) is 13.5. The maximum Gasteiger partial charge on any atom is 0.236 e. The summed E-state index contributed by atoms with van der Waals surface area (Å²) >= 11 is 0. The smallest absolute Gasteiger partial charge is 0.236 e. The van der Waals surface area contributed by atoms with Gasteiger partial charge in [-0.05, 0) is 32.0 Å². The molecule has 2 aromatic rings. The summed E-state index contributed by atoms with van der Waals surface area (Å²) in [6.45, 7) is 2.34. The van der Waals surface area contributed by atoms with Gasteiger partial charge in [0, 0.05) is 25.0 Å². The molecule has 3 rings (SSSR count). The van der Waals surface area contributed by atoms with E-state index in [0.29, 0.717) is 39.0 Å². The first-order valence-corrected chi connectivity index (χ1v) is 8.11. The van der Waals surface area contributed by atoms with Crippen LogP contribution in [0.3, 0.4) is 0 Å². The second kappa shape index (κ2) is 7.06. The monoisotopic (exact) mass is 313 g/mol. The van der Waals surface area contributed by atoms with Crippen LogP contribution >= 0.6 is 0 Å². The molecule has 5 nitrogen and oxygen atoms in total. The normalized spacial score (nSPS) is 16.2. The molecule has 0 radical (unpaired) electrons. The highest BCUT2D eigenvalue weighted by Crippen LogP contribution is 2.13. The average molecular weight is 313 g/mol. The molecule has 122 valence electrons. The number of nitrogens with zero attached hydrogens (tertiary/aromatic N) is 3. The highest BCUT2D eigenvalue weighted by atomic mass is 16.3. The molecule has 0 aliphatic carbocycles. The number of aromatic nitrogens is 1. The highest BCUT2D eigenvalue weighted by Gasteiger charge is 2.22. The lowest BCUT2D eigenvalue weighted by atomic mass is 10.1. The molecule has 1 fully saturated rings. The van der Waals surface area contributed by atoms with E-state index < -0.39 is 0 Å². The number of aliphatic hydroxyl groups excluding tert-OH is 1. The van der Waals surface area contributed by atoms with Crippen LogP contribution in [0.5, 0.6) is 0 Å². The number of aliphatic hydroxyl groups is 1. The van der Waals surface area contributed by atoms with Crippen molar-refractivity contribution in [3.63, 3.8) is 0 Å². The number of carbonyl (C=O) groups is 1. The Morgan fingerprint density at radius 2 is 2.00 bits per heavy atom. The summed E-state index contributed by atoms with van der Waals surface area (Å²) < 4.78 is 0. The number of pyridine rings is 1. The van der Waals surface area contributed by atoms with Gasteiger partial charge in [-0.25, -0.2) is 0 Å². The molecule has 0 saturated carbocycles. The lowest BCUT2D eigenvalue weighted by Crippen LogP contribution is -2.44. The van der Waals surface area contributed by atoms with Gasteiger partial charge >= 0.3 is 0 Å². The Morgan fingerprint density at radius 3 is 2.78 bits per heavy atom. The summed E-state index contributed by atoms with van der Waals surface area (Å²) in [6.07, 6.45) is 1.11. The molecule has 5 heteroatoms. The van der Waals surface area contributed by atoms with Gasteiger partial charge in [0.25, 0.3) is 0 Å². The van der Waals surface area contributed by atoms with Gasteiger partial charge in [0.05, 0.1) is 23.9 Å². The maximum absolute atomic E-state index is 12.3. The summed E-state index contributed by atoms with van der Waals surface area (Å²) in [4.78, 5) is 20.8. The quantitative estimate of drug-likeness (QED) is 0.932. The second-order valence-electron chi connectivity index (χ2n) is 6.28. The lowest BCUT2D eigenvalue weighted by Gasteiger charge is -2.31. The Balaban J connectivity index is 1.57. The van der Waals surface area contributed by atoms with Crippen molar-refractivity contribution in [2.45, 2.75) is 25.5 Å². The number of para-hydroxylation sites is 1. The van der Waals surface area contributed by atoms with Gasteiger partial charge < -0.3 is 10.0 Å². The molecular weight excluding hydrogens is 290 g/mol. The number of likely N-dealkylation sites (tertiary alicyclic amines) is 1. The van der Waals surface area contributed by atoms with E-state index in [0.717, 1.165) is 16.6 Å². The fraction of sp³-hybridized carbons (Fsp3) is 0.444. The minimum Gasteiger partial charge on any atom is -0.393 e. The third kappa shape index (κ3) is 4.06. The molecule has 0 unspecified atom stereocenters. The van der Waals surface area contributed by atoms with Crippen LogP contribution in [0.25, 0.3) is 10.9 Å². The first-order chi connectivity index (χ1) is 11.1. The van der Waals surface area contributed by atoms with Crippen molar-refractivity contribution < 1.29 is 9.90 Å². The largest absolute Gasteiger partial charge is 0.393 e. The third-order valence-corrected chi connectivity index (χ3v) is 4.31. The number of piperidine rings is 1. The molecule has 1 amide bonds. The van der Waals surface area contributed by atoms with Crippen LogP contribution in [0.15, 0.2) is 36.4 Å². The number of hydrogen-bond acceptors (Lipinski definition) is 4. The van der Waals surface area contributed by atoms with Crippen LogP contribution in [0.4, 0.5) is 0 Å². The van der Waals surface area contributed by atoms with E-state index in [1.54, 1.807) is 0 Å². The molecule has 0 spiro atoms. The van der Waals surface area contributed by atoms with E-state index in [1.807, 2.05) is 47.2 Å². The number of fused-ring (bicyclic) bond motifs is 1. The van der Waals surface area contributed by atoms with Crippen molar-refractivity contribution in [3.05, 3.63) is 42.1 Å². The molecule has 0 bridgehead atoms. The summed E-state index contributed by atoms with van der Waals surface area (Å²) in [5, 5.41) is 10.6. The minimum atomic E-state index is -0.251. The van der Waals surface area contributed by atoms with Crippen molar-refractivity contribution in [2.24, 2.45) is 0 Å². The first kappa shape index (κ1) is 15.9. The number of rotatable bonds is 4. The van der Waals surface area contributed by atoms with Crippen molar-refractivity contribution in [1.82, 2.24) is 14.8 Å². The Bertz CT molecular complexity index is 681. The number of hydrogen-bond donors (Lipinski definition) is 1. The molecule has 1 N–H and O–H groups in total. The van der Waals surface area contributed by atoms with E-state index in [4.69, 9.17) is 0 Å². The molecule has 1 aromatic carbocycles. The summed E-state index contributed by atoms with van der Waals surface area (Å²) in [5.41, 5.74) is 1.95. The molecular formula is C18H23N3O2. The fourth-order valence-electron chi connectivity index (χ4n) is 2.97. The third-order valence-electron chi connectivity index (χ3n) is 4.31. The predicted molar refractivity (Wildman–Crippen MR) is 89.9 cm³/mol. The van der Waals surface area contributed by atoms with E-state index in [9.17, 15) is 9.90 Å². The topological polar surface area (TPSA) is 56.7 Å². The number of amides is 1. The van der Waals surface area contributed by atoms with Crippen LogP contribution < -0.4 is 0 Å². The van der Waals surface area contributed by atoms with Crippen LogP contribution in [0.1, 0.15) is 18.5 Å². The van der Waals surface area contributed by atoms with Gasteiger partial charge in [-0.3, -0.25) is 14.7 Å².